The first-order chi connectivity index (χ1) is 8.67. The van der Waals surface area contributed by atoms with Gasteiger partial charge >= 0.3 is 0 Å². The fourth-order valence-electron chi connectivity index (χ4n) is 1.85. The van der Waals surface area contributed by atoms with Crippen molar-refractivity contribution in [3.05, 3.63) is 34.1 Å². The minimum atomic E-state index is -0.186. The predicted molar refractivity (Wildman–Crippen MR) is 76.4 cm³/mol. The first kappa shape index (κ1) is 15.6. The Hall–Kier alpha value is -0.450. The van der Waals surface area contributed by atoms with Crippen molar-refractivity contribution in [3.63, 3.8) is 0 Å². The zero-order chi connectivity index (χ0) is 13.4. The second kappa shape index (κ2) is 8.62. The van der Waals surface area contributed by atoms with Gasteiger partial charge in [0.25, 0.3) is 0 Å². The van der Waals surface area contributed by atoms with Crippen LogP contribution in [0.25, 0.3) is 0 Å². The van der Waals surface area contributed by atoms with E-state index in [1.54, 1.807) is 19.2 Å². The molecule has 0 aliphatic heterocycles. The molecule has 0 fully saturated rings. The van der Waals surface area contributed by atoms with Crippen LogP contribution in [-0.4, -0.2) is 26.3 Å². The Balaban J connectivity index is 2.65. The molecule has 1 aromatic carbocycles. The lowest BCUT2D eigenvalue weighted by atomic mass is 10.0. The van der Waals surface area contributed by atoms with E-state index in [4.69, 9.17) is 4.74 Å². The molecule has 0 bridgehead atoms. The van der Waals surface area contributed by atoms with Crippen molar-refractivity contribution in [2.45, 2.75) is 32.2 Å². The summed E-state index contributed by atoms with van der Waals surface area (Å²) in [7, 11) is 1.70. The third-order valence-electron chi connectivity index (χ3n) is 2.83. The standard InChI is InChI=1S/C14H21BrFNO/c1-3-7-17-13(6-8-18-2)10-11-9-12(16)4-5-14(11)15/h4-5,9,13,17H,3,6-8,10H2,1-2H3. The van der Waals surface area contributed by atoms with Gasteiger partial charge < -0.3 is 10.1 Å². The molecule has 0 aliphatic carbocycles. The number of benzene rings is 1. The van der Waals surface area contributed by atoms with Crippen LogP contribution in [0.1, 0.15) is 25.3 Å². The number of methoxy groups -OCH3 is 1. The van der Waals surface area contributed by atoms with E-state index in [2.05, 4.69) is 28.2 Å². The second-order valence-electron chi connectivity index (χ2n) is 4.37. The van der Waals surface area contributed by atoms with Crippen molar-refractivity contribution < 1.29 is 9.13 Å². The monoisotopic (exact) mass is 317 g/mol. The summed E-state index contributed by atoms with van der Waals surface area (Å²) in [6.07, 6.45) is 2.83. The molecule has 102 valence electrons. The van der Waals surface area contributed by atoms with Crippen molar-refractivity contribution in [2.24, 2.45) is 0 Å². The quantitative estimate of drug-likeness (QED) is 0.792. The number of nitrogens with one attached hydrogen (secondary N) is 1. The molecule has 1 atom stereocenters. The lowest BCUT2D eigenvalue weighted by molar-refractivity contribution is 0.182. The van der Waals surface area contributed by atoms with Crippen LogP contribution in [0.2, 0.25) is 0 Å². The van der Waals surface area contributed by atoms with Gasteiger partial charge in [0.2, 0.25) is 0 Å². The van der Waals surface area contributed by atoms with Crippen LogP contribution < -0.4 is 5.32 Å². The van der Waals surface area contributed by atoms with E-state index in [1.165, 1.54) is 6.07 Å². The van der Waals surface area contributed by atoms with Gasteiger partial charge in [0.15, 0.2) is 0 Å². The summed E-state index contributed by atoms with van der Waals surface area (Å²) in [5.74, 6) is -0.186. The Morgan fingerprint density at radius 1 is 1.44 bits per heavy atom. The Kier molecular flexibility index (Phi) is 7.47. The normalized spacial score (nSPS) is 12.7. The highest BCUT2D eigenvalue weighted by molar-refractivity contribution is 9.10. The number of rotatable bonds is 8. The van der Waals surface area contributed by atoms with Crippen molar-refractivity contribution in [1.29, 1.82) is 0 Å². The first-order valence-electron chi connectivity index (χ1n) is 6.33. The Morgan fingerprint density at radius 3 is 2.89 bits per heavy atom. The first-order valence-corrected chi connectivity index (χ1v) is 7.13. The molecule has 1 N–H and O–H groups in total. The summed E-state index contributed by atoms with van der Waals surface area (Å²) in [6, 6.07) is 5.15. The summed E-state index contributed by atoms with van der Waals surface area (Å²) >= 11 is 3.47. The van der Waals surface area contributed by atoms with Crippen LogP contribution in [0, 0.1) is 5.82 Å². The van der Waals surface area contributed by atoms with Crippen LogP contribution in [-0.2, 0) is 11.2 Å². The second-order valence-corrected chi connectivity index (χ2v) is 5.23. The zero-order valence-electron chi connectivity index (χ0n) is 11.0. The van der Waals surface area contributed by atoms with Crippen molar-refractivity contribution >= 4 is 15.9 Å². The highest BCUT2D eigenvalue weighted by atomic mass is 79.9. The molecule has 0 heterocycles. The highest BCUT2D eigenvalue weighted by Crippen LogP contribution is 2.20. The van der Waals surface area contributed by atoms with E-state index < -0.39 is 0 Å². The molecule has 0 spiro atoms. The summed E-state index contributed by atoms with van der Waals surface area (Å²) in [4.78, 5) is 0. The minimum absolute atomic E-state index is 0.186. The highest BCUT2D eigenvalue weighted by Gasteiger charge is 2.11. The molecule has 0 radical (unpaired) electrons. The van der Waals surface area contributed by atoms with Gasteiger partial charge in [0.05, 0.1) is 0 Å². The molecule has 1 unspecified atom stereocenters. The van der Waals surface area contributed by atoms with Crippen LogP contribution in [0.3, 0.4) is 0 Å². The van der Waals surface area contributed by atoms with E-state index in [1.807, 2.05) is 0 Å². The predicted octanol–water partition coefficient (Wildman–Crippen LogP) is 3.54. The Labute approximate surface area is 117 Å². The van der Waals surface area contributed by atoms with Gasteiger partial charge in [-0.05, 0) is 49.6 Å². The average Bonchev–Trinajstić information content (AvgIpc) is 2.37. The van der Waals surface area contributed by atoms with Crippen LogP contribution in [0.4, 0.5) is 4.39 Å². The van der Waals surface area contributed by atoms with Gasteiger partial charge in [0.1, 0.15) is 5.82 Å². The van der Waals surface area contributed by atoms with Crippen molar-refractivity contribution in [1.82, 2.24) is 5.32 Å². The molecule has 0 amide bonds. The number of halogens is 2. The zero-order valence-corrected chi connectivity index (χ0v) is 12.6. The van der Waals surface area contributed by atoms with E-state index in [-0.39, 0.29) is 5.82 Å². The maximum atomic E-state index is 13.2. The van der Waals surface area contributed by atoms with Crippen LogP contribution in [0.5, 0.6) is 0 Å². The van der Waals surface area contributed by atoms with Gasteiger partial charge in [-0.15, -0.1) is 0 Å². The Morgan fingerprint density at radius 2 is 2.22 bits per heavy atom. The van der Waals surface area contributed by atoms with Crippen molar-refractivity contribution in [3.8, 4) is 0 Å². The fraction of sp³-hybridized carbons (Fsp3) is 0.571. The molecule has 1 aromatic rings. The van der Waals surface area contributed by atoms with E-state index in [9.17, 15) is 4.39 Å². The maximum absolute atomic E-state index is 13.2. The molecule has 2 nitrogen and oxygen atoms in total. The molecule has 0 aliphatic rings. The molecular formula is C14H21BrFNO. The molecular weight excluding hydrogens is 297 g/mol. The fourth-order valence-corrected chi connectivity index (χ4v) is 2.26. The molecule has 18 heavy (non-hydrogen) atoms. The largest absolute Gasteiger partial charge is 0.385 e. The average molecular weight is 318 g/mol. The summed E-state index contributed by atoms with van der Waals surface area (Å²) in [5.41, 5.74) is 1.000. The van der Waals surface area contributed by atoms with E-state index in [0.29, 0.717) is 12.6 Å². The summed E-state index contributed by atoms with van der Waals surface area (Å²) in [6.45, 7) is 3.83. The van der Waals surface area contributed by atoms with Gasteiger partial charge in [-0.2, -0.15) is 0 Å². The summed E-state index contributed by atoms with van der Waals surface area (Å²) < 4.78 is 19.3. The number of hydrogen-bond donors (Lipinski definition) is 1. The van der Waals surface area contributed by atoms with Gasteiger partial charge in [-0.3, -0.25) is 0 Å². The van der Waals surface area contributed by atoms with Crippen molar-refractivity contribution in [2.75, 3.05) is 20.3 Å². The SMILES string of the molecule is CCCNC(CCOC)Cc1cc(F)ccc1Br. The molecule has 0 aromatic heterocycles. The van der Waals surface area contributed by atoms with Crippen LogP contribution in [0.15, 0.2) is 22.7 Å². The Bertz CT molecular complexity index is 352. The molecule has 0 saturated heterocycles. The molecule has 1 rings (SSSR count). The van der Waals surface area contributed by atoms with Crippen LogP contribution >= 0.6 is 15.9 Å². The van der Waals surface area contributed by atoms with Gasteiger partial charge in [-0.1, -0.05) is 22.9 Å². The number of ether oxygens (including phenoxy) is 1. The minimum Gasteiger partial charge on any atom is -0.385 e. The lowest BCUT2D eigenvalue weighted by Gasteiger charge is -2.19. The molecule has 4 heteroatoms. The summed E-state index contributed by atoms with van der Waals surface area (Å²) in [5, 5.41) is 3.48. The van der Waals surface area contributed by atoms with Gasteiger partial charge in [-0.25, -0.2) is 4.39 Å². The number of hydrogen-bond acceptors (Lipinski definition) is 2. The van der Waals surface area contributed by atoms with E-state index in [0.717, 1.165) is 35.8 Å². The smallest absolute Gasteiger partial charge is 0.123 e. The topological polar surface area (TPSA) is 21.3 Å². The van der Waals surface area contributed by atoms with E-state index >= 15 is 0 Å². The lowest BCUT2D eigenvalue weighted by Crippen LogP contribution is -2.33. The van der Waals surface area contributed by atoms with Gasteiger partial charge in [0, 0.05) is 24.2 Å². The third kappa shape index (κ3) is 5.46. The maximum Gasteiger partial charge on any atom is 0.123 e. The molecule has 0 saturated carbocycles. The third-order valence-corrected chi connectivity index (χ3v) is 3.60.